The molecule has 0 aromatic carbocycles. The van der Waals surface area contributed by atoms with Crippen molar-refractivity contribution >= 4 is 6.03 Å². The quantitative estimate of drug-likeness (QED) is 0.822. The predicted molar refractivity (Wildman–Crippen MR) is 62.0 cm³/mol. The Hall–Kier alpha value is -1.58. The first-order valence-corrected chi connectivity index (χ1v) is 5.69. The van der Waals surface area contributed by atoms with Crippen molar-refractivity contribution in [1.82, 2.24) is 15.2 Å². The summed E-state index contributed by atoms with van der Waals surface area (Å²) in [5, 5.41) is 2.94. The summed E-state index contributed by atoms with van der Waals surface area (Å²) in [6.07, 6.45) is 5.82. The van der Waals surface area contributed by atoms with Crippen LogP contribution in [-0.2, 0) is 6.54 Å². The molecule has 4 heteroatoms. The van der Waals surface area contributed by atoms with Crippen molar-refractivity contribution in [2.24, 2.45) is 0 Å². The van der Waals surface area contributed by atoms with E-state index in [9.17, 15) is 4.79 Å². The van der Waals surface area contributed by atoms with Crippen molar-refractivity contribution in [3.8, 4) is 0 Å². The number of nitrogens with one attached hydrogen (secondary N) is 1. The lowest BCUT2D eigenvalue weighted by atomic mass is 10.1. The van der Waals surface area contributed by atoms with E-state index in [1.807, 2.05) is 24.1 Å². The number of hydrogen-bond acceptors (Lipinski definition) is 2. The number of carbonyl (C=O) groups is 1. The standard InChI is InChI=1S/C12H17N3O/c1-10-8-13-5-4-11(10)9-14-12(16)15-6-2-3-7-15/h4-5,8H,2-3,6-7,9H2,1H3,(H,14,16). The van der Waals surface area contributed by atoms with Crippen LogP contribution < -0.4 is 5.32 Å². The molecule has 1 aliphatic rings. The first kappa shape index (κ1) is 10.9. The Balaban J connectivity index is 1.87. The van der Waals surface area contributed by atoms with Crippen molar-refractivity contribution in [2.45, 2.75) is 26.3 Å². The fourth-order valence-corrected chi connectivity index (χ4v) is 1.90. The van der Waals surface area contributed by atoms with Crippen LogP contribution in [0, 0.1) is 6.92 Å². The summed E-state index contributed by atoms with van der Waals surface area (Å²) in [5.74, 6) is 0. The summed E-state index contributed by atoms with van der Waals surface area (Å²) in [6.45, 7) is 4.37. The van der Waals surface area contributed by atoms with Gasteiger partial charge in [-0.05, 0) is 37.0 Å². The van der Waals surface area contributed by atoms with Crippen LogP contribution in [0.4, 0.5) is 4.79 Å². The van der Waals surface area contributed by atoms with E-state index in [4.69, 9.17) is 0 Å². The van der Waals surface area contributed by atoms with Gasteiger partial charge in [0.05, 0.1) is 0 Å². The molecule has 1 saturated heterocycles. The Labute approximate surface area is 95.7 Å². The van der Waals surface area contributed by atoms with Gasteiger partial charge < -0.3 is 10.2 Å². The number of hydrogen-bond donors (Lipinski definition) is 1. The zero-order valence-electron chi connectivity index (χ0n) is 9.57. The molecule has 1 aromatic heterocycles. The molecule has 1 aliphatic heterocycles. The van der Waals surface area contributed by atoms with Gasteiger partial charge in [0.15, 0.2) is 0 Å². The zero-order chi connectivity index (χ0) is 11.4. The van der Waals surface area contributed by atoms with E-state index < -0.39 is 0 Å². The molecule has 0 unspecified atom stereocenters. The molecular weight excluding hydrogens is 202 g/mol. The molecule has 2 heterocycles. The number of aryl methyl sites for hydroxylation is 1. The third-order valence-corrected chi connectivity index (χ3v) is 2.96. The maximum atomic E-state index is 11.7. The third-order valence-electron chi connectivity index (χ3n) is 2.96. The molecule has 2 rings (SSSR count). The van der Waals surface area contributed by atoms with Gasteiger partial charge in [-0.3, -0.25) is 4.98 Å². The van der Waals surface area contributed by atoms with Crippen molar-refractivity contribution in [1.29, 1.82) is 0 Å². The molecule has 86 valence electrons. The minimum Gasteiger partial charge on any atom is -0.334 e. The number of aromatic nitrogens is 1. The van der Waals surface area contributed by atoms with E-state index in [1.165, 1.54) is 0 Å². The second-order valence-electron chi connectivity index (χ2n) is 4.16. The van der Waals surface area contributed by atoms with Gasteiger partial charge in [0.25, 0.3) is 0 Å². The monoisotopic (exact) mass is 219 g/mol. The summed E-state index contributed by atoms with van der Waals surface area (Å²) in [6, 6.07) is 1.99. The Kier molecular flexibility index (Phi) is 3.39. The van der Waals surface area contributed by atoms with Gasteiger partial charge >= 0.3 is 6.03 Å². The predicted octanol–water partition coefficient (Wildman–Crippen LogP) is 1.70. The average molecular weight is 219 g/mol. The average Bonchev–Trinajstić information content (AvgIpc) is 2.81. The summed E-state index contributed by atoms with van der Waals surface area (Å²) in [4.78, 5) is 17.6. The lowest BCUT2D eigenvalue weighted by molar-refractivity contribution is 0.208. The van der Waals surface area contributed by atoms with Gasteiger partial charge in [-0.1, -0.05) is 0 Å². The number of pyridine rings is 1. The van der Waals surface area contributed by atoms with Crippen LogP contribution in [0.5, 0.6) is 0 Å². The van der Waals surface area contributed by atoms with Crippen LogP contribution in [-0.4, -0.2) is 29.0 Å². The van der Waals surface area contributed by atoms with Crippen LogP contribution in [0.1, 0.15) is 24.0 Å². The van der Waals surface area contributed by atoms with Gasteiger partial charge in [0, 0.05) is 32.0 Å². The highest BCUT2D eigenvalue weighted by molar-refractivity contribution is 5.74. The Morgan fingerprint density at radius 1 is 1.50 bits per heavy atom. The Morgan fingerprint density at radius 2 is 2.25 bits per heavy atom. The summed E-state index contributed by atoms with van der Waals surface area (Å²) >= 11 is 0. The molecule has 1 N–H and O–H groups in total. The highest BCUT2D eigenvalue weighted by atomic mass is 16.2. The molecule has 16 heavy (non-hydrogen) atoms. The molecule has 0 spiro atoms. The highest BCUT2D eigenvalue weighted by Gasteiger charge is 2.17. The van der Waals surface area contributed by atoms with Crippen LogP contribution in [0.2, 0.25) is 0 Å². The molecule has 1 fully saturated rings. The first-order chi connectivity index (χ1) is 7.77. The molecule has 1 aromatic rings. The maximum Gasteiger partial charge on any atom is 0.317 e. The van der Waals surface area contributed by atoms with Crippen LogP contribution in [0.25, 0.3) is 0 Å². The van der Waals surface area contributed by atoms with E-state index in [0.29, 0.717) is 6.54 Å². The van der Waals surface area contributed by atoms with Gasteiger partial charge in [-0.15, -0.1) is 0 Å². The molecule has 0 saturated carbocycles. The van der Waals surface area contributed by atoms with Crippen LogP contribution >= 0.6 is 0 Å². The molecule has 2 amide bonds. The maximum absolute atomic E-state index is 11.7. The van der Waals surface area contributed by atoms with Gasteiger partial charge in [0.2, 0.25) is 0 Å². The van der Waals surface area contributed by atoms with E-state index in [2.05, 4.69) is 10.3 Å². The number of amides is 2. The lowest BCUT2D eigenvalue weighted by Gasteiger charge is -2.16. The summed E-state index contributed by atoms with van der Waals surface area (Å²) in [7, 11) is 0. The van der Waals surface area contributed by atoms with Crippen molar-refractivity contribution < 1.29 is 4.79 Å². The van der Waals surface area contributed by atoms with Gasteiger partial charge in [0.1, 0.15) is 0 Å². The first-order valence-electron chi connectivity index (χ1n) is 5.69. The Morgan fingerprint density at radius 3 is 2.94 bits per heavy atom. The SMILES string of the molecule is Cc1cnccc1CNC(=O)N1CCCC1. The third kappa shape index (κ3) is 2.51. The van der Waals surface area contributed by atoms with Crippen LogP contribution in [0.3, 0.4) is 0 Å². The highest BCUT2D eigenvalue weighted by Crippen LogP contribution is 2.08. The normalized spacial score (nSPS) is 15.2. The minimum atomic E-state index is 0.0497. The molecule has 4 nitrogen and oxygen atoms in total. The second kappa shape index (κ2) is 4.96. The number of carbonyl (C=O) groups excluding carboxylic acids is 1. The molecule has 0 bridgehead atoms. The lowest BCUT2D eigenvalue weighted by Crippen LogP contribution is -2.37. The van der Waals surface area contributed by atoms with E-state index in [-0.39, 0.29) is 6.03 Å². The topological polar surface area (TPSA) is 45.2 Å². The zero-order valence-corrected chi connectivity index (χ0v) is 9.57. The number of urea groups is 1. The van der Waals surface area contributed by atoms with E-state index in [0.717, 1.165) is 37.1 Å². The fraction of sp³-hybridized carbons (Fsp3) is 0.500. The Bertz CT molecular complexity index is 372. The summed E-state index contributed by atoms with van der Waals surface area (Å²) in [5.41, 5.74) is 2.24. The van der Waals surface area contributed by atoms with Gasteiger partial charge in [-0.25, -0.2) is 4.79 Å². The smallest absolute Gasteiger partial charge is 0.317 e. The molecular formula is C12H17N3O. The molecule has 0 atom stereocenters. The van der Waals surface area contributed by atoms with E-state index in [1.54, 1.807) is 6.20 Å². The number of rotatable bonds is 2. The molecule has 0 aliphatic carbocycles. The second-order valence-corrected chi connectivity index (χ2v) is 4.16. The van der Waals surface area contributed by atoms with Crippen molar-refractivity contribution in [2.75, 3.05) is 13.1 Å². The number of nitrogens with zero attached hydrogens (tertiary/aromatic N) is 2. The van der Waals surface area contributed by atoms with E-state index >= 15 is 0 Å². The fourth-order valence-electron chi connectivity index (χ4n) is 1.90. The largest absolute Gasteiger partial charge is 0.334 e. The van der Waals surface area contributed by atoms with Crippen LogP contribution in [0.15, 0.2) is 18.5 Å². The molecule has 0 radical (unpaired) electrons. The van der Waals surface area contributed by atoms with Crippen molar-refractivity contribution in [3.63, 3.8) is 0 Å². The van der Waals surface area contributed by atoms with Gasteiger partial charge in [-0.2, -0.15) is 0 Å². The minimum absolute atomic E-state index is 0.0497. The number of likely N-dealkylation sites (tertiary alicyclic amines) is 1. The van der Waals surface area contributed by atoms with Crippen molar-refractivity contribution in [3.05, 3.63) is 29.6 Å². The summed E-state index contributed by atoms with van der Waals surface area (Å²) < 4.78 is 0.